The fourth-order valence-electron chi connectivity index (χ4n) is 3.60. The number of nitrogens with one attached hydrogen (secondary N) is 2. The Bertz CT molecular complexity index is 1150. The molecular formula is C21H22F3N3O5S. The maximum atomic E-state index is 12.6. The number of alkyl halides is 3. The van der Waals surface area contributed by atoms with Crippen molar-refractivity contribution >= 4 is 33.2 Å². The first kappa shape index (κ1) is 24.5. The van der Waals surface area contributed by atoms with E-state index in [1.165, 1.54) is 31.2 Å². The molecule has 0 spiro atoms. The lowest BCUT2D eigenvalue weighted by Gasteiger charge is -2.20. The SMILES string of the molecule is CC(=O)N1c2ccc(S(=O)(=O)NCCC(=O)Nc3ccc(OC(F)(F)F)cc3)cc2C[C@H]1C. The lowest BCUT2D eigenvalue weighted by molar-refractivity contribution is -0.274. The number of halogens is 3. The summed E-state index contributed by atoms with van der Waals surface area (Å²) in [6.45, 7) is 3.15. The van der Waals surface area contributed by atoms with Crippen molar-refractivity contribution in [2.75, 3.05) is 16.8 Å². The Morgan fingerprint density at radius 3 is 2.42 bits per heavy atom. The first-order valence-electron chi connectivity index (χ1n) is 9.94. The third kappa shape index (κ3) is 6.23. The van der Waals surface area contributed by atoms with Gasteiger partial charge in [-0.05, 0) is 61.4 Å². The third-order valence-electron chi connectivity index (χ3n) is 4.93. The molecule has 0 bridgehead atoms. The summed E-state index contributed by atoms with van der Waals surface area (Å²) >= 11 is 0. The molecule has 0 aliphatic carbocycles. The van der Waals surface area contributed by atoms with Crippen LogP contribution in [0, 0.1) is 0 Å². The smallest absolute Gasteiger partial charge is 0.406 e. The second-order valence-corrected chi connectivity index (χ2v) is 9.27. The zero-order valence-corrected chi connectivity index (χ0v) is 18.6. The van der Waals surface area contributed by atoms with Crippen molar-refractivity contribution in [2.45, 2.75) is 44.0 Å². The molecule has 2 amide bonds. The van der Waals surface area contributed by atoms with Crippen LogP contribution < -0.4 is 19.7 Å². The summed E-state index contributed by atoms with van der Waals surface area (Å²) in [5, 5.41) is 2.46. The lowest BCUT2D eigenvalue weighted by atomic mass is 10.1. The number of sulfonamides is 1. The minimum Gasteiger partial charge on any atom is -0.406 e. The fraction of sp³-hybridized carbons (Fsp3) is 0.333. The summed E-state index contributed by atoms with van der Waals surface area (Å²) in [5.74, 6) is -1.07. The van der Waals surface area contributed by atoms with Gasteiger partial charge in [0.25, 0.3) is 0 Å². The minimum atomic E-state index is -4.81. The zero-order valence-electron chi connectivity index (χ0n) is 17.8. The molecule has 0 fully saturated rings. The van der Waals surface area contributed by atoms with E-state index in [4.69, 9.17) is 0 Å². The van der Waals surface area contributed by atoms with Gasteiger partial charge in [0.2, 0.25) is 21.8 Å². The molecule has 1 aliphatic heterocycles. The normalized spacial score (nSPS) is 15.8. The molecule has 12 heteroatoms. The summed E-state index contributed by atoms with van der Waals surface area (Å²) in [6, 6.07) is 9.01. The summed E-state index contributed by atoms with van der Waals surface area (Å²) < 4.78 is 67.8. The summed E-state index contributed by atoms with van der Waals surface area (Å²) in [6.07, 6.45) is -4.47. The second kappa shape index (κ2) is 9.40. The van der Waals surface area contributed by atoms with Crippen molar-refractivity contribution in [3.05, 3.63) is 48.0 Å². The molecule has 0 unspecified atom stereocenters. The number of ether oxygens (including phenoxy) is 1. The number of carbonyl (C=O) groups is 2. The Morgan fingerprint density at radius 2 is 1.82 bits per heavy atom. The molecule has 0 saturated heterocycles. The molecule has 0 aromatic heterocycles. The first-order valence-corrected chi connectivity index (χ1v) is 11.4. The minimum absolute atomic E-state index is 0.0273. The number of hydrogen-bond donors (Lipinski definition) is 2. The topological polar surface area (TPSA) is 105 Å². The van der Waals surface area contributed by atoms with Crippen LogP contribution in [0.3, 0.4) is 0 Å². The van der Waals surface area contributed by atoms with E-state index in [9.17, 15) is 31.2 Å². The summed E-state index contributed by atoms with van der Waals surface area (Å²) in [5.41, 5.74) is 1.66. The number of benzene rings is 2. The molecule has 178 valence electrons. The van der Waals surface area contributed by atoms with Crippen LogP contribution in [-0.4, -0.2) is 39.2 Å². The van der Waals surface area contributed by atoms with E-state index in [-0.39, 0.29) is 35.5 Å². The fourth-order valence-corrected chi connectivity index (χ4v) is 4.68. The van der Waals surface area contributed by atoms with E-state index in [2.05, 4.69) is 14.8 Å². The molecule has 3 rings (SSSR count). The van der Waals surface area contributed by atoms with Crippen LogP contribution in [0.4, 0.5) is 24.5 Å². The molecular weight excluding hydrogens is 463 g/mol. The number of fused-ring (bicyclic) bond motifs is 1. The number of hydrogen-bond acceptors (Lipinski definition) is 5. The molecule has 2 aromatic rings. The van der Waals surface area contributed by atoms with Gasteiger partial charge in [-0.2, -0.15) is 0 Å². The number of anilines is 2. The molecule has 1 atom stereocenters. The largest absolute Gasteiger partial charge is 0.573 e. The van der Waals surface area contributed by atoms with Gasteiger partial charge in [0.15, 0.2) is 0 Å². The van der Waals surface area contributed by atoms with E-state index in [1.807, 2.05) is 6.92 Å². The standard InChI is InChI=1S/C21H22F3N3O5S/c1-13-11-15-12-18(7-8-19(15)27(13)14(2)28)33(30,31)25-10-9-20(29)26-16-3-5-17(6-4-16)32-21(22,23)24/h3-8,12-13,25H,9-11H2,1-2H3,(H,26,29)/t13-/m1/s1. The van der Waals surface area contributed by atoms with Gasteiger partial charge in [0.05, 0.1) is 4.90 Å². The number of rotatable bonds is 7. The Kier molecular flexibility index (Phi) is 6.98. The first-order chi connectivity index (χ1) is 15.4. The highest BCUT2D eigenvalue weighted by atomic mass is 32.2. The Morgan fingerprint density at radius 1 is 1.15 bits per heavy atom. The van der Waals surface area contributed by atoms with Gasteiger partial charge in [0.1, 0.15) is 5.75 Å². The average Bonchev–Trinajstić information content (AvgIpc) is 3.03. The van der Waals surface area contributed by atoms with Gasteiger partial charge >= 0.3 is 6.36 Å². The molecule has 0 saturated carbocycles. The van der Waals surface area contributed by atoms with Crippen LogP contribution in [-0.2, 0) is 26.0 Å². The quantitative estimate of drug-likeness (QED) is 0.627. The van der Waals surface area contributed by atoms with Gasteiger partial charge in [-0.3, -0.25) is 9.59 Å². The van der Waals surface area contributed by atoms with Crippen molar-refractivity contribution in [1.82, 2.24) is 4.72 Å². The van der Waals surface area contributed by atoms with Gasteiger partial charge in [0, 0.05) is 37.3 Å². The van der Waals surface area contributed by atoms with E-state index in [1.54, 1.807) is 11.0 Å². The van der Waals surface area contributed by atoms with Gasteiger partial charge in [-0.1, -0.05) is 0 Å². The average molecular weight is 485 g/mol. The predicted molar refractivity (Wildman–Crippen MR) is 114 cm³/mol. The van der Waals surface area contributed by atoms with Crippen LogP contribution in [0.25, 0.3) is 0 Å². The van der Waals surface area contributed by atoms with Crippen molar-refractivity contribution in [3.8, 4) is 5.75 Å². The molecule has 0 radical (unpaired) electrons. The second-order valence-electron chi connectivity index (χ2n) is 7.50. The van der Waals surface area contributed by atoms with Crippen molar-refractivity contribution < 1.29 is 35.9 Å². The highest BCUT2D eigenvalue weighted by Crippen LogP contribution is 2.33. The lowest BCUT2D eigenvalue weighted by Crippen LogP contribution is -2.33. The van der Waals surface area contributed by atoms with Crippen LogP contribution >= 0.6 is 0 Å². The summed E-state index contributed by atoms with van der Waals surface area (Å²) in [4.78, 5) is 25.5. The molecule has 1 heterocycles. The van der Waals surface area contributed by atoms with Crippen LogP contribution in [0.5, 0.6) is 5.75 Å². The van der Waals surface area contributed by atoms with E-state index in [0.29, 0.717) is 12.1 Å². The number of carbonyl (C=O) groups excluding carboxylic acids is 2. The zero-order chi connectivity index (χ0) is 24.4. The Labute approximate surface area is 188 Å². The molecule has 1 aliphatic rings. The molecule has 2 N–H and O–H groups in total. The van der Waals surface area contributed by atoms with E-state index >= 15 is 0 Å². The van der Waals surface area contributed by atoms with Crippen molar-refractivity contribution in [1.29, 1.82) is 0 Å². The highest BCUT2D eigenvalue weighted by molar-refractivity contribution is 7.89. The number of nitrogens with zero attached hydrogens (tertiary/aromatic N) is 1. The molecule has 2 aromatic carbocycles. The van der Waals surface area contributed by atoms with E-state index in [0.717, 1.165) is 17.7 Å². The molecule has 8 nitrogen and oxygen atoms in total. The Hall–Kier alpha value is -3.12. The highest BCUT2D eigenvalue weighted by Gasteiger charge is 2.31. The van der Waals surface area contributed by atoms with Gasteiger partial charge in [-0.25, -0.2) is 13.1 Å². The van der Waals surface area contributed by atoms with Gasteiger partial charge < -0.3 is 15.0 Å². The van der Waals surface area contributed by atoms with Crippen LogP contribution in [0.1, 0.15) is 25.8 Å². The van der Waals surface area contributed by atoms with Crippen molar-refractivity contribution in [2.24, 2.45) is 0 Å². The Balaban J connectivity index is 1.54. The van der Waals surface area contributed by atoms with Gasteiger partial charge in [-0.15, -0.1) is 13.2 Å². The maximum absolute atomic E-state index is 12.6. The van der Waals surface area contributed by atoms with Crippen LogP contribution in [0.15, 0.2) is 47.4 Å². The van der Waals surface area contributed by atoms with Crippen LogP contribution in [0.2, 0.25) is 0 Å². The third-order valence-corrected chi connectivity index (χ3v) is 6.39. The monoisotopic (exact) mass is 485 g/mol. The maximum Gasteiger partial charge on any atom is 0.573 e. The number of amides is 2. The van der Waals surface area contributed by atoms with Crippen molar-refractivity contribution in [3.63, 3.8) is 0 Å². The molecule has 33 heavy (non-hydrogen) atoms. The predicted octanol–water partition coefficient (Wildman–Crippen LogP) is 3.19. The summed E-state index contributed by atoms with van der Waals surface area (Å²) in [7, 11) is -3.89. The van der Waals surface area contributed by atoms with E-state index < -0.39 is 28.0 Å².